The lowest BCUT2D eigenvalue weighted by atomic mass is 10.00. The molecule has 3 aromatic rings. The first-order valence-corrected chi connectivity index (χ1v) is 6.45. The molecule has 96 valence electrons. The van der Waals surface area contributed by atoms with Gasteiger partial charge in [-0.3, -0.25) is 0 Å². The van der Waals surface area contributed by atoms with Gasteiger partial charge in [0.15, 0.2) is 0 Å². The van der Waals surface area contributed by atoms with Crippen LogP contribution in [0.4, 0.5) is 0 Å². The molecule has 0 spiro atoms. The average molecular weight is 252 g/mol. The maximum Gasteiger partial charge on any atom is 0.124 e. The molecule has 0 saturated heterocycles. The van der Waals surface area contributed by atoms with E-state index in [9.17, 15) is 0 Å². The Morgan fingerprint density at radius 2 is 1.95 bits per heavy atom. The molecule has 0 fully saturated rings. The predicted octanol–water partition coefficient (Wildman–Crippen LogP) is 3.68. The van der Waals surface area contributed by atoms with Gasteiger partial charge >= 0.3 is 0 Å². The van der Waals surface area contributed by atoms with Crippen molar-refractivity contribution in [3.05, 3.63) is 66.1 Å². The topological polar surface area (TPSA) is 38.1 Å². The molecule has 0 amide bonds. The Kier molecular flexibility index (Phi) is 3.29. The molecule has 1 unspecified atom stereocenters. The largest absolute Gasteiger partial charge is 0.364 e. The van der Waals surface area contributed by atoms with Crippen LogP contribution >= 0.6 is 0 Å². The quantitative estimate of drug-likeness (QED) is 0.769. The van der Waals surface area contributed by atoms with E-state index in [1.165, 1.54) is 16.3 Å². The Bertz CT molecular complexity index is 656. The summed E-state index contributed by atoms with van der Waals surface area (Å²) < 4.78 is 4.83. The third-order valence-corrected chi connectivity index (χ3v) is 3.37. The van der Waals surface area contributed by atoms with Gasteiger partial charge in [0.2, 0.25) is 0 Å². The smallest absolute Gasteiger partial charge is 0.124 e. The standard InChI is InChI=1S/C16H16N2O/c1-12(17-11-14-9-10-19-18-14)15-8-4-6-13-5-2-3-7-16(13)15/h2-10,12,17H,11H2,1H3. The van der Waals surface area contributed by atoms with E-state index in [1.807, 2.05) is 6.07 Å². The number of fused-ring (bicyclic) bond motifs is 1. The summed E-state index contributed by atoms with van der Waals surface area (Å²) in [4.78, 5) is 0. The van der Waals surface area contributed by atoms with E-state index in [1.54, 1.807) is 6.26 Å². The Morgan fingerprint density at radius 1 is 1.11 bits per heavy atom. The van der Waals surface area contributed by atoms with Crippen LogP contribution in [-0.2, 0) is 6.54 Å². The van der Waals surface area contributed by atoms with Gasteiger partial charge in [0.1, 0.15) is 6.26 Å². The molecule has 1 aromatic heterocycles. The molecule has 1 heterocycles. The number of aromatic nitrogens is 1. The highest BCUT2D eigenvalue weighted by atomic mass is 16.5. The molecule has 0 radical (unpaired) electrons. The molecular weight excluding hydrogens is 236 g/mol. The minimum atomic E-state index is 0.266. The van der Waals surface area contributed by atoms with Gasteiger partial charge in [0.25, 0.3) is 0 Å². The summed E-state index contributed by atoms with van der Waals surface area (Å²) >= 11 is 0. The van der Waals surface area contributed by atoms with E-state index in [2.05, 4.69) is 59.9 Å². The summed E-state index contributed by atoms with van der Waals surface area (Å²) in [5.74, 6) is 0. The number of nitrogens with one attached hydrogen (secondary N) is 1. The molecule has 1 atom stereocenters. The molecule has 2 aromatic carbocycles. The van der Waals surface area contributed by atoms with Crippen LogP contribution in [0.3, 0.4) is 0 Å². The van der Waals surface area contributed by atoms with Crippen LogP contribution in [0.1, 0.15) is 24.2 Å². The molecule has 0 aliphatic heterocycles. The summed E-state index contributed by atoms with van der Waals surface area (Å²) in [6.07, 6.45) is 1.60. The third-order valence-electron chi connectivity index (χ3n) is 3.37. The molecule has 0 saturated carbocycles. The second-order valence-corrected chi connectivity index (χ2v) is 4.66. The van der Waals surface area contributed by atoms with Crippen molar-refractivity contribution in [3.63, 3.8) is 0 Å². The fourth-order valence-electron chi connectivity index (χ4n) is 2.32. The lowest BCUT2D eigenvalue weighted by molar-refractivity contribution is 0.406. The maximum atomic E-state index is 4.83. The van der Waals surface area contributed by atoms with Gasteiger partial charge in [-0.15, -0.1) is 0 Å². The molecule has 0 aliphatic carbocycles. The fourth-order valence-corrected chi connectivity index (χ4v) is 2.32. The Hall–Kier alpha value is -2.13. The normalized spacial score (nSPS) is 12.7. The van der Waals surface area contributed by atoms with Crippen molar-refractivity contribution in [1.82, 2.24) is 10.5 Å². The molecule has 0 aliphatic rings. The van der Waals surface area contributed by atoms with Crippen LogP contribution in [0.2, 0.25) is 0 Å². The van der Waals surface area contributed by atoms with Crippen molar-refractivity contribution in [2.45, 2.75) is 19.5 Å². The van der Waals surface area contributed by atoms with Crippen molar-refractivity contribution in [1.29, 1.82) is 0 Å². The minimum Gasteiger partial charge on any atom is -0.364 e. The first-order chi connectivity index (χ1) is 9.34. The number of rotatable bonds is 4. The van der Waals surface area contributed by atoms with E-state index in [0.29, 0.717) is 6.54 Å². The average Bonchev–Trinajstić information content (AvgIpc) is 2.97. The van der Waals surface area contributed by atoms with Gasteiger partial charge in [-0.05, 0) is 23.3 Å². The van der Waals surface area contributed by atoms with Crippen molar-refractivity contribution in [2.75, 3.05) is 0 Å². The molecule has 19 heavy (non-hydrogen) atoms. The second kappa shape index (κ2) is 5.24. The van der Waals surface area contributed by atoms with Crippen LogP contribution in [0.5, 0.6) is 0 Å². The zero-order valence-electron chi connectivity index (χ0n) is 10.8. The molecule has 0 bridgehead atoms. The molecular formula is C16H16N2O. The highest BCUT2D eigenvalue weighted by molar-refractivity contribution is 5.86. The van der Waals surface area contributed by atoms with Crippen LogP contribution in [0, 0.1) is 0 Å². The lowest BCUT2D eigenvalue weighted by Crippen LogP contribution is -2.18. The zero-order valence-corrected chi connectivity index (χ0v) is 10.8. The van der Waals surface area contributed by atoms with Gasteiger partial charge in [0, 0.05) is 18.7 Å². The molecule has 1 N–H and O–H groups in total. The first kappa shape index (κ1) is 11.9. The van der Waals surface area contributed by atoms with E-state index in [4.69, 9.17) is 4.52 Å². The number of nitrogens with zero attached hydrogens (tertiary/aromatic N) is 1. The second-order valence-electron chi connectivity index (χ2n) is 4.66. The van der Waals surface area contributed by atoms with E-state index in [0.717, 1.165) is 5.69 Å². The van der Waals surface area contributed by atoms with Crippen LogP contribution in [-0.4, -0.2) is 5.16 Å². The SMILES string of the molecule is CC(NCc1ccon1)c1cccc2ccccc12. The Morgan fingerprint density at radius 3 is 2.79 bits per heavy atom. The molecule has 3 heteroatoms. The van der Waals surface area contributed by atoms with Crippen LogP contribution in [0.15, 0.2) is 59.3 Å². The van der Waals surface area contributed by atoms with Gasteiger partial charge in [0.05, 0.1) is 5.69 Å². The highest BCUT2D eigenvalue weighted by Gasteiger charge is 2.09. The summed E-state index contributed by atoms with van der Waals surface area (Å²) in [6, 6.07) is 17.0. The maximum absolute atomic E-state index is 4.83. The van der Waals surface area contributed by atoms with E-state index in [-0.39, 0.29) is 6.04 Å². The van der Waals surface area contributed by atoms with Crippen molar-refractivity contribution >= 4 is 10.8 Å². The Balaban J connectivity index is 1.83. The van der Waals surface area contributed by atoms with E-state index < -0.39 is 0 Å². The lowest BCUT2D eigenvalue weighted by Gasteiger charge is -2.15. The third kappa shape index (κ3) is 2.51. The van der Waals surface area contributed by atoms with Gasteiger partial charge in [-0.25, -0.2) is 0 Å². The van der Waals surface area contributed by atoms with Gasteiger partial charge in [-0.1, -0.05) is 47.6 Å². The monoisotopic (exact) mass is 252 g/mol. The van der Waals surface area contributed by atoms with Gasteiger partial charge in [-0.2, -0.15) is 0 Å². The summed E-state index contributed by atoms with van der Waals surface area (Å²) in [5, 5.41) is 9.95. The van der Waals surface area contributed by atoms with Crippen molar-refractivity contribution < 1.29 is 4.52 Å². The van der Waals surface area contributed by atoms with Crippen LogP contribution in [0.25, 0.3) is 10.8 Å². The van der Waals surface area contributed by atoms with E-state index >= 15 is 0 Å². The fraction of sp³-hybridized carbons (Fsp3) is 0.188. The minimum absolute atomic E-state index is 0.266. The van der Waals surface area contributed by atoms with Gasteiger partial charge < -0.3 is 9.84 Å². The van der Waals surface area contributed by atoms with Crippen molar-refractivity contribution in [2.24, 2.45) is 0 Å². The summed E-state index contributed by atoms with van der Waals surface area (Å²) in [7, 11) is 0. The molecule has 3 rings (SSSR count). The molecule has 3 nitrogen and oxygen atoms in total. The number of benzene rings is 2. The number of hydrogen-bond acceptors (Lipinski definition) is 3. The first-order valence-electron chi connectivity index (χ1n) is 6.45. The van der Waals surface area contributed by atoms with Crippen molar-refractivity contribution in [3.8, 4) is 0 Å². The number of hydrogen-bond donors (Lipinski definition) is 1. The summed E-state index contributed by atoms with van der Waals surface area (Å²) in [6.45, 7) is 2.88. The highest BCUT2D eigenvalue weighted by Crippen LogP contribution is 2.24. The zero-order chi connectivity index (χ0) is 13.1. The van der Waals surface area contributed by atoms with Crippen LogP contribution < -0.4 is 5.32 Å². The summed E-state index contributed by atoms with van der Waals surface area (Å²) in [5.41, 5.74) is 2.23. The predicted molar refractivity (Wildman–Crippen MR) is 75.7 cm³/mol. The Labute approximate surface area is 112 Å².